The second kappa shape index (κ2) is 8.48. The molecule has 0 radical (unpaired) electrons. The van der Waals surface area contributed by atoms with E-state index in [4.69, 9.17) is 4.74 Å². The molecule has 1 rings (SSSR count). The van der Waals surface area contributed by atoms with Crippen molar-refractivity contribution in [1.29, 1.82) is 0 Å². The highest BCUT2D eigenvalue weighted by Crippen LogP contribution is 2.20. The van der Waals surface area contributed by atoms with Crippen LogP contribution in [-0.4, -0.2) is 37.7 Å². The third-order valence-electron chi connectivity index (χ3n) is 3.64. The first kappa shape index (κ1) is 15.4. The van der Waals surface area contributed by atoms with Crippen LogP contribution < -0.4 is 10.6 Å². The van der Waals surface area contributed by atoms with Gasteiger partial charge in [-0.15, -0.1) is 0 Å². The zero-order chi connectivity index (χ0) is 13.4. The molecule has 4 heteroatoms. The minimum atomic E-state index is -0.336. The molecular weight excluding hydrogens is 228 g/mol. The van der Waals surface area contributed by atoms with Crippen LogP contribution in [0.5, 0.6) is 0 Å². The molecule has 1 aliphatic rings. The number of rotatable bonds is 6. The minimum absolute atomic E-state index is 0.00125. The Morgan fingerprint density at radius 3 is 2.39 bits per heavy atom. The van der Waals surface area contributed by atoms with Gasteiger partial charge < -0.3 is 15.4 Å². The van der Waals surface area contributed by atoms with Crippen LogP contribution in [0.4, 0.5) is 0 Å². The number of amides is 1. The number of nitrogens with one attached hydrogen (secondary N) is 2. The average Bonchev–Trinajstić information content (AvgIpc) is 2.63. The number of hydrogen-bond acceptors (Lipinski definition) is 3. The summed E-state index contributed by atoms with van der Waals surface area (Å²) in [5, 5.41) is 6.01. The van der Waals surface area contributed by atoms with Crippen LogP contribution in [0.3, 0.4) is 0 Å². The second-order valence-corrected chi connectivity index (χ2v) is 5.33. The van der Waals surface area contributed by atoms with E-state index in [2.05, 4.69) is 10.6 Å². The van der Waals surface area contributed by atoms with E-state index in [1.165, 1.54) is 25.7 Å². The van der Waals surface area contributed by atoms with Crippen molar-refractivity contribution >= 4 is 5.91 Å². The highest BCUT2D eigenvalue weighted by Gasteiger charge is 2.20. The molecule has 0 saturated heterocycles. The Morgan fingerprint density at radius 1 is 1.22 bits per heavy atom. The number of likely N-dealkylation sites (N-methyl/N-ethyl adjacent to an activating group) is 1. The molecule has 0 bridgehead atoms. The normalized spacial score (nSPS) is 21.1. The molecule has 2 unspecified atom stereocenters. The van der Waals surface area contributed by atoms with E-state index < -0.39 is 0 Å². The fourth-order valence-corrected chi connectivity index (χ4v) is 2.23. The lowest BCUT2D eigenvalue weighted by Crippen LogP contribution is -2.42. The predicted octanol–water partition coefficient (Wildman–Crippen LogP) is 1.84. The van der Waals surface area contributed by atoms with Gasteiger partial charge in [-0.2, -0.15) is 0 Å². The van der Waals surface area contributed by atoms with E-state index in [0.29, 0.717) is 12.6 Å². The van der Waals surface area contributed by atoms with E-state index in [-0.39, 0.29) is 18.1 Å². The fraction of sp³-hybridized carbons (Fsp3) is 0.929. The van der Waals surface area contributed by atoms with E-state index in [0.717, 1.165) is 12.8 Å². The van der Waals surface area contributed by atoms with E-state index in [1.54, 1.807) is 0 Å². The average molecular weight is 256 g/mol. The lowest BCUT2D eigenvalue weighted by molar-refractivity contribution is -0.135. The molecule has 18 heavy (non-hydrogen) atoms. The number of hydrogen-bond donors (Lipinski definition) is 2. The van der Waals surface area contributed by atoms with E-state index in [1.807, 2.05) is 20.9 Å². The Labute approximate surface area is 111 Å². The largest absolute Gasteiger partial charge is 0.365 e. The summed E-state index contributed by atoms with van der Waals surface area (Å²) in [7, 11) is 1.89. The van der Waals surface area contributed by atoms with Crippen molar-refractivity contribution in [3.8, 4) is 0 Å². The summed E-state index contributed by atoms with van der Waals surface area (Å²) in [5.41, 5.74) is 0. The molecule has 0 heterocycles. The summed E-state index contributed by atoms with van der Waals surface area (Å²) in [6, 6.07) is 0.291. The SMILES string of the molecule is CNC(C)CNC(=O)C(C)OC1CCCCCC1. The zero-order valence-corrected chi connectivity index (χ0v) is 12.0. The molecular formula is C14H28N2O2. The zero-order valence-electron chi connectivity index (χ0n) is 12.0. The highest BCUT2D eigenvalue weighted by atomic mass is 16.5. The lowest BCUT2D eigenvalue weighted by Gasteiger charge is -2.21. The third-order valence-corrected chi connectivity index (χ3v) is 3.64. The van der Waals surface area contributed by atoms with Gasteiger partial charge in [-0.05, 0) is 33.7 Å². The number of ether oxygens (including phenoxy) is 1. The molecule has 2 atom stereocenters. The van der Waals surface area contributed by atoms with Crippen LogP contribution in [0.2, 0.25) is 0 Å². The quantitative estimate of drug-likeness (QED) is 0.713. The summed E-state index contributed by atoms with van der Waals surface area (Å²) in [6.45, 7) is 4.54. The molecule has 1 fully saturated rings. The van der Waals surface area contributed by atoms with Gasteiger partial charge >= 0.3 is 0 Å². The van der Waals surface area contributed by atoms with Crippen LogP contribution >= 0.6 is 0 Å². The smallest absolute Gasteiger partial charge is 0.248 e. The molecule has 0 aromatic heterocycles. The topological polar surface area (TPSA) is 50.4 Å². The summed E-state index contributed by atoms with van der Waals surface area (Å²) in [6.07, 6.45) is 7.22. The predicted molar refractivity (Wildman–Crippen MR) is 73.6 cm³/mol. The van der Waals surface area contributed by atoms with Gasteiger partial charge in [0.25, 0.3) is 0 Å². The summed E-state index contributed by atoms with van der Waals surface area (Å²) in [5.74, 6) is 0.00125. The molecule has 106 valence electrons. The Kier molecular flexibility index (Phi) is 7.28. The molecule has 1 saturated carbocycles. The van der Waals surface area contributed by atoms with Gasteiger partial charge in [0.05, 0.1) is 6.10 Å². The maximum atomic E-state index is 11.9. The Bertz CT molecular complexity index is 238. The van der Waals surface area contributed by atoms with Crippen LogP contribution in [0.25, 0.3) is 0 Å². The summed E-state index contributed by atoms with van der Waals surface area (Å²) < 4.78 is 5.87. The number of carbonyl (C=O) groups is 1. The first-order valence-electron chi connectivity index (χ1n) is 7.24. The van der Waals surface area contributed by atoms with Crippen molar-refractivity contribution in [3.63, 3.8) is 0 Å². The van der Waals surface area contributed by atoms with Gasteiger partial charge in [-0.3, -0.25) is 4.79 Å². The van der Waals surface area contributed by atoms with E-state index in [9.17, 15) is 4.79 Å². The maximum absolute atomic E-state index is 11.9. The van der Waals surface area contributed by atoms with Gasteiger partial charge in [0.15, 0.2) is 0 Å². The van der Waals surface area contributed by atoms with Crippen molar-refractivity contribution in [2.45, 2.75) is 70.6 Å². The minimum Gasteiger partial charge on any atom is -0.365 e. The van der Waals surface area contributed by atoms with Crippen LogP contribution in [0.15, 0.2) is 0 Å². The van der Waals surface area contributed by atoms with Gasteiger partial charge in [0, 0.05) is 12.6 Å². The fourth-order valence-electron chi connectivity index (χ4n) is 2.23. The standard InChI is InChI=1S/C14H28N2O2/c1-11(15-3)10-16-14(17)12(2)18-13-8-6-4-5-7-9-13/h11-13,15H,4-10H2,1-3H3,(H,16,17). The Hall–Kier alpha value is -0.610. The third kappa shape index (κ3) is 5.83. The molecule has 0 aliphatic heterocycles. The molecule has 1 aliphatic carbocycles. The van der Waals surface area contributed by atoms with Crippen LogP contribution in [-0.2, 0) is 9.53 Å². The molecule has 0 aromatic rings. The van der Waals surface area contributed by atoms with Gasteiger partial charge in [0.1, 0.15) is 6.10 Å². The Balaban J connectivity index is 2.25. The molecule has 0 aromatic carbocycles. The lowest BCUT2D eigenvalue weighted by atomic mass is 10.1. The maximum Gasteiger partial charge on any atom is 0.248 e. The summed E-state index contributed by atoms with van der Waals surface area (Å²) in [4.78, 5) is 11.9. The second-order valence-electron chi connectivity index (χ2n) is 5.33. The van der Waals surface area contributed by atoms with E-state index >= 15 is 0 Å². The van der Waals surface area contributed by atoms with Gasteiger partial charge in [0.2, 0.25) is 5.91 Å². The molecule has 4 nitrogen and oxygen atoms in total. The molecule has 0 spiro atoms. The Morgan fingerprint density at radius 2 is 1.83 bits per heavy atom. The van der Waals surface area contributed by atoms with Crippen molar-refractivity contribution in [2.24, 2.45) is 0 Å². The van der Waals surface area contributed by atoms with Gasteiger partial charge in [-0.25, -0.2) is 0 Å². The van der Waals surface area contributed by atoms with Crippen molar-refractivity contribution < 1.29 is 9.53 Å². The van der Waals surface area contributed by atoms with Crippen LogP contribution in [0, 0.1) is 0 Å². The molecule has 2 N–H and O–H groups in total. The number of carbonyl (C=O) groups excluding carboxylic acids is 1. The monoisotopic (exact) mass is 256 g/mol. The van der Waals surface area contributed by atoms with Crippen molar-refractivity contribution in [3.05, 3.63) is 0 Å². The highest BCUT2D eigenvalue weighted by molar-refractivity contribution is 5.80. The van der Waals surface area contributed by atoms with Crippen LogP contribution in [0.1, 0.15) is 52.4 Å². The first-order valence-corrected chi connectivity index (χ1v) is 7.24. The van der Waals surface area contributed by atoms with Crippen molar-refractivity contribution in [2.75, 3.05) is 13.6 Å². The summed E-state index contributed by atoms with van der Waals surface area (Å²) >= 11 is 0. The first-order chi connectivity index (χ1) is 8.63. The van der Waals surface area contributed by atoms with Crippen molar-refractivity contribution in [1.82, 2.24) is 10.6 Å². The van der Waals surface area contributed by atoms with Gasteiger partial charge in [-0.1, -0.05) is 25.7 Å². The molecule has 1 amide bonds.